The first kappa shape index (κ1) is 13.4. The van der Waals surface area contributed by atoms with Crippen LogP contribution in [0, 0.1) is 17.8 Å². The fourth-order valence-corrected chi connectivity index (χ4v) is 6.26. The summed E-state index contributed by atoms with van der Waals surface area (Å²) in [7, 11) is 0. The monoisotopic (exact) mass is 335 g/mol. The summed E-state index contributed by atoms with van der Waals surface area (Å²) in [5, 5.41) is 0. The molecule has 2 heterocycles. The van der Waals surface area contributed by atoms with Gasteiger partial charge >= 0.3 is 0 Å². The zero-order valence-corrected chi connectivity index (χ0v) is 13.7. The molecule has 20 heavy (non-hydrogen) atoms. The molecule has 0 unspecified atom stereocenters. The highest BCUT2D eigenvalue weighted by Crippen LogP contribution is 2.60. The number of fused-ring (bicyclic) bond motifs is 1. The Morgan fingerprint density at radius 1 is 1.00 bits per heavy atom. The van der Waals surface area contributed by atoms with Crippen LogP contribution in [0.5, 0.6) is 0 Å². The van der Waals surface area contributed by atoms with Crippen molar-refractivity contribution in [1.29, 1.82) is 0 Å². The van der Waals surface area contributed by atoms with Gasteiger partial charge in [-0.25, -0.2) is 4.98 Å². The standard InChI is InChI=1S/C17H24N2.BrH/c1-2-4-19-15(11-18-16(19)3-1)17-8-12-5-13(9-17)7-14(6-12)10-17;/h11-14H,1-10H2;1H/p-1. The molecular formula is C17H24BrN2-. The van der Waals surface area contributed by atoms with E-state index in [0.717, 1.165) is 17.8 Å². The minimum atomic E-state index is 0. The van der Waals surface area contributed by atoms with Gasteiger partial charge in [0.25, 0.3) is 0 Å². The quantitative estimate of drug-likeness (QED) is 0.738. The molecule has 3 heteroatoms. The van der Waals surface area contributed by atoms with E-state index in [2.05, 4.69) is 10.8 Å². The van der Waals surface area contributed by atoms with E-state index in [-0.39, 0.29) is 17.0 Å². The van der Waals surface area contributed by atoms with Crippen LogP contribution in [-0.2, 0) is 18.4 Å². The van der Waals surface area contributed by atoms with Crippen molar-refractivity contribution in [3.8, 4) is 0 Å². The van der Waals surface area contributed by atoms with Gasteiger partial charge in [0.15, 0.2) is 0 Å². The van der Waals surface area contributed by atoms with E-state index in [1.807, 2.05) is 0 Å². The Morgan fingerprint density at radius 3 is 2.30 bits per heavy atom. The van der Waals surface area contributed by atoms with Crippen LogP contribution in [0.25, 0.3) is 0 Å². The average Bonchev–Trinajstić information content (AvgIpc) is 2.81. The number of imidazole rings is 1. The Kier molecular flexibility index (Phi) is 3.07. The molecule has 1 aromatic rings. The Balaban J connectivity index is 0.00000106. The smallest absolute Gasteiger partial charge is 0.108 e. The molecule has 4 bridgehead atoms. The van der Waals surface area contributed by atoms with E-state index in [1.54, 1.807) is 25.0 Å². The number of aryl methyl sites for hydroxylation is 1. The van der Waals surface area contributed by atoms with E-state index < -0.39 is 0 Å². The summed E-state index contributed by atoms with van der Waals surface area (Å²) in [6, 6.07) is 0. The lowest BCUT2D eigenvalue weighted by Crippen LogP contribution is -3.00. The topological polar surface area (TPSA) is 17.8 Å². The average molecular weight is 336 g/mol. The summed E-state index contributed by atoms with van der Waals surface area (Å²) in [4.78, 5) is 4.78. The third-order valence-electron chi connectivity index (χ3n) is 6.55. The van der Waals surface area contributed by atoms with Gasteiger partial charge in [-0.05, 0) is 69.1 Å². The van der Waals surface area contributed by atoms with Gasteiger partial charge < -0.3 is 21.5 Å². The van der Waals surface area contributed by atoms with E-state index in [4.69, 9.17) is 4.98 Å². The highest BCUT2D eigenvalue weighted by atomic mass is 79.9. The van der Waals surface area contributed by atoms with Crippen molar-refractivity contribution in [2.75, 3.05) is 0 Å². The van der Waals surface area contributed by atoms with Crippen LogP contribution in [-0.4, -0.2) is 9.55 Å². The van der Waals surface area contributed by atoms with Crippen molar-refractivity contribution in [3.05, 3.63) is 17.7 Å². The molecule has 1 aromatic heterocycles. The fraction of sp³-hybridized carbons (Fsp3) is 0.824. The maximum absolute atomic E-state index is 4.78. The van der Waals surface area contributed by atoms with E-state index in [1.165, 1.54) is 50.9 Å². The molecule has 0 saturated heterocycles. The molecule has 2 nitrogen and oxygen atoms in total. The van der Waals surface area contributed by atoms with Crippen LogP contribution < -0.4 is 17.0 Å². The number of hydrogen-bond acceptors (Lipinski definition) is 1. The summed E-state index contributed by atoms with van der Waals surface area (Å²) in [5.74, 6) is 4.51. The highest BCUT2D eigenvalue weighted by molar-refractivity contribution is 5.24. The zero-order valence-electron chi connectivity index (χ0n) is 12.2. The largest absolute Gasteiger partial charge is 1.00 e. The predicted octanol–water partition coefficient (Wildman–Crippen LogP) is 0.691. The van der Waals surface area contributed by atoms with Crippen LogP contribution >= 0.6 is 0 Å². The van der Waals surface area contributed by atoms with Gasteiger partial charge in [-0.2, -0.15) is 0 Å². The summed E-state index contributed by atoms with van der Waals surface area (Å²) in [5.41, 5.74) is 2.18. The second-order valence-electron chi connectivity index (χ2n) is 7.87. The normalized spacial score (nSPS) is 41.3. The molecule has 4 aliphatic carbocycles. The minimum absolute atomic E-state index is 0. The number of nitrogens with zero attached hydrogens (tertiary/aromatic N) is 2. The van der Waals surface area contributed by atoms with Crippen molar-refractivity contribution in [3.63, 3.8) is 0 Å². The van der Waals surface area contributed by atoms with Crippen LogP contribution in [0.15, 0.2) is 6.20 Å². The first-order valence-corrected chi connectivity index (χ1v) is 8.37. The van der Waals surface area contributed by atoms with Gasteiger partial charge in [0.2, 0.25) is 0 Å². The molecule has 6 rings (SSSR count). The Hall–Kier alpha value is -0.310. The SMILES string of the molecule is [Br-].c1nc2n(c1C13CC4CC(CC(C4)C1)C3)CCCC2. The molecule has 5 aliphatic rings. The summed E-state index contributed by atoms with van der Waals surface area (Å²) >= 11 is 0. The molecule has 0 aromatic carbocycles. The lowest BCUT2D eigenvalue weighted by atomic mass is 9.49. The molecule has 1 aliphatic heterocycles. The van der Waals surface area contributed by atoms with Gasteiger partial charge in [-0.3, -0.25) is 0 Å². The lowest BCUT2D eigenvalue weighted by molar-refractivity contribution is -0.00911. The molecule has 0 spiro atoms. The maximum atomic E-state index is 4.78. The molecule has 4 fully saturated rings. The number of hydrogen-bond donors (Lipinski definition) is 0. The summed E-state index contributed by atoms with van der Waals surface area (Å²) in [6.07, 6.45) is 15.2. The van der Waals surface area contributed by atoms with Gasteiger partial charge in [0, 0.05) is 30.3 Å². The van der Waals surface area contributed by atoms with E-state index >= 15 is 0 Å². The molecule has 0 amide bonds. The molecular weight excluding hydrogens is 312 g/mol. The second kappa shape index (κ2) is 4.59. The first-order valence-electron chi connectivity index (χ1n) is 8.37. The van der Waals surface area contributed by atoms with Crippen molar-refractivity contribution in [1.82, 2.24) is 9.55 Å². The molecule has 110 valence electrons. The van der Waals surface area contributed by atoms with Gasteiger partial charge in [-0.1, -0.05) is 0 Å². The fourth-order valence-electron chi connectivity index (χ4n) is 6.26. The first-order chi connectivity index (χ1) is 9.32. The number of halogens is 1. The van der Waals surface area contributed by atoms with Crippen molar-refractivity contribution in [2.24, 2.45) is 17.8 Å². The molecule has 0 radical (unpaired) electrons. The van der Waals surface area contributed by atoms with E-state index in [0.29, 0.717) is 5.41 Å². The minimum Gasteiger partial charge on any atom is -1.00 e. The van der Waals surface area contributed by atoms with Crippen LogP contribution in [0.4, 0.5) is 0 Å². The second-order valence-corrected chi connectivity index (χ2v) is 7.87. The maximum Gasteiger partial charge on any atom is 0.108 e. The predicted molar refractivity (Wildman–Crippen MR) is 75.0 cm³/mol. The highest BCUT2D eigenvalue weighted by Gasteiger charge is 2.53. The van der Waals surface area contributed by atoms with Crippen LogP contribution in [0.3, 0.4) is 0 Å². The number of rotatable bonds is 1. The van der Waals surface area contributed by atoms with Crippen LogP contribution in [0.1, 0.15) is 62.9 Å². The lowest BCUT2D eigenvalue weighted by Gasteiger charge is -2.57. The van der Waals surface area contributed by atoms with E-state index in [9.17, 15) is 0 Å². The zero-order chi connectivity index (χ0) is 12.4. The Morgan fingerprint density at radius 2 is 1.65 bits per heavy atom. The Bertz CT molecular complexity index is 484. The van der Waals surface area contributed by atoms with Gasteiger partial charge in [0.1, 0.15) is 5.82 Å². The molecule has 4 saturated carbocycles. The number of aromatic nitrogens is 2. The van der Waals surface area contributed by atoms with Crippen molar-refractivity contribution in [2.45, 2.75) is 69.7 Å². The third-order valence-corrected chi connectivity index (χ3v) is 6.55. The summed E-state index contributed by atoms with van der Waals surface area (Å²) in [6.45, 7) is 1.24. The van der Waals surface area contributed by atoms with Gasteiger partial charge in [0.05, 0.1) is 0 Å². The summed E-state index contributed by atoms with van der Waals surface area (Å²) < 4.78 is 2.62. The van der Waals surface area contributed by atoms with Crippen molar-refractivity contribution < 1.29 is 17.0 Å². The molecule has 0 N–H and O–H groups in total. The van der Waals surface area contributed by atoms with Crippen molar-refractivity contribution >= 4 is 0 Å². The third kappa shape index (κ3) is 1.77. The Labute approximate surface area is 132 Å². The van der Waals surface area contributed by atoms with Gasteiger partial charge in [-0.15, -0.1) is 0 Å². The van der Waals surface area contributed by atoms with Crippen LogP contribution in [0.2, 0.25) is 0 Å². The molecule has 0 atom stereocenters.